The third kappa shape index (κ3) is 6.21. The predicted octanol–water partition coefficient (Wildman–Crippen LogP) is 7.14. The number of nitro groups is 1. The molecule has 0 atom stereocenters. The Morgan fingerprint density at radius 1 is 0.927 bits per heavy atom. The standard InChI is InChI=1S/C31H23ClN2O7/c1-19(35)33-23-15-24-28(36)31(40-18-21-10-6-3-7-11-21)29(41-30(24)26(16-23)34(37)38)22-12-13-27(25(32)14-22)39-17-20-8-4-2-5-9-20/h2-16H,17-18H2,1H3,(H,33,35). The molecule has 0 spiro atoms. The zero-order valence-corrected chi connectivity index (χ0v) is 22.5. The smallest absolute Gasteiger partial charge is 0.314 e. The number of nitrogens with zero attached hydrogens (tertiary/aromatic N) is 1. The first-order valence-corrected chi connectivity index (χ1v) is 12.9. The number of hydrogen-bond donors (Lipinski definition) is 1. The van der Waals surface area contributed by atoms with Gasteiger partial charge in [0.1, 0.15) is 19.0 Å². The Labute approximate surface area is 239 Å². The quantitative estimate of drug-likeness (QED) is 0.148. The number of nitrogens with one attached hydrogen (secondary N) is 1. The van der Waals surface area contributed by atoms with E-state index in [1.807, 2.05) is 60.7 Å². The predicted molar refractivity (Wildman–Crippen MR) is 155 cm³/mol. The Bertz CT molecular complexity index is 1810. The van der Waals surface area contributed by atoms with Crippen LogP contribution in [0.15, 0.2) is 100 Å². The van der Waals surface area contributed by atoms with E-state index in [9.17, 15) is 19.7 Å². The van der Waals surface area contributed by atoms with Crippen molar-refractivity contribution in [1.82, 2.24) is 0 Å². The summed E-state index contributed by atoms with van der Waals surface area (Å²) in [6, 6.07) is 26.0. The fraction of sp³-hybridized carbons (Fsp3) is 0.0968. The number of rotatable bonds is 9. The van der Waals surface area contributed by atoms with Crippen LogP contribution in [-0.4, -0.2) is 10.8 Å². The summed E-state index contributed by atoms with van der Waals surface area (Å²) < 4.78 is 17.9. The molecule has 0 aliphatic rings. The van der Waals surface area contributed by atoms with Crippen molar-refractivity contribution in [1.29, 1.82) is 0 Å². The molecule has 1 amide bonds. The molecule has 0 fully saturated rings. The first-order valence-electron chi connectivity index (χ1n) is 12.5. The largest absolute Gasteiger partial charge is 0.487 e. The monoisotopic (exact) mass is 570 g/mol. The third-order valence-corrected chi connectivity index (χ3v) is 6.40. The number of nitro benzene ring substituents is 1. The summed E-state index contributed by atoms with van der Waals surface area (Å²) in [6.45, 7) is 1.58. The molecule has 1 heterocycles. The number of fused-ring (bicyclic) bond motifs is 1. The fourth-order valence-electron chi connectivity index (χ4n) is 4.22. The van der Waals surface area contributed by atoms with Gasteiger partial charge in [-0.2, -0.15) is 0 Å². The second-order valence-corrected chi connectivity index (χ2v) is 9.50. The molecule has 1 N–H and O–H groups in total. The summed E-state index contributed by atoms with van der Waals surface area (Å²) >= 11 is 6.55. The first-order chi connectivity index (χ1) is 19.8. The van der Waals surface area contributed by atoms with Crippen molar-refractivity contribution in [3.8, 4) is 22.8 Å². The van der Waals surface area contributed by atoms with E-state index < -0.39 is 21.9 Å². The van der Waals surface area contributed by atoms with Gasteiger partial charge in [-0.05, 0) is 35.4 Å². The van der Waals surface area contributed by atoms with Crippen molar-refractivity contribution in [2.24, 2.45) is 0 Å². The summed E-state index contributed by atoms with van der Waals surface area (Å²) in [5.41, 5.74) is 0.769. The van der Waals surface area contributed by atoms with E-state index in [0.717, 1.165) is 17.2 Å². The number of non-ortho nitro benzene ring substituents is 1. The van der Waals surface area contributed by atoms with Crippen LogP contribution in [-0.2, 0) is 18.0 Å². The van der Waals surface area contributed by atoms with Gasteiger partial charge in [0.25, 0.3) is 0 Å². The molecule has 5 rings (SSSR count). The van der Waals surface area contributed by atoms with E-state index >= 15 is 0 Å². The SMILES string of the molecule is CC(=O)Nc1cc([N+](=O)[O-])c2oc(-c3ccc(OCc4ccccc4)c(Cl)c3)c(OCc3ccccc3)c(=O)c2c1. The molecule has 1 aromatic heterocycles. The highest BCUT2D eigenvalue weighted by Gasteiger charge is 2.25. The van der Waals surface area contributed by atoms with Gasteiger partial charge in [-0.15, -0.1) is 0 Å². The Hall–Kier alpha value is -5.15. The molecule has 0 saturated carbocycles. The lowest BCUT2D eigenvalue weighted by Crippen LogP contribution is -2.12. The molecule has 0 saturated heterocycles. The normalized spacial score (nSPS) is 10.8. The van der Waals surface area contributed by atoms with Gasteiger partial charge in [0.05, 0.1) is 15.3 Å². The lowest BCUT2D eigenvalue weighted by atomic mass is 10.1. The minimum atomic E-state index is -0.682. The van der Waals surface area contributed by atoms with Gasteiger partial charge in [-0.1, -0.05) is 72.3 Å². The van der Waals surface area contributed by atoms with Crippen LogP contribution in [0.25, 0.3) is 22.3 Å². The summed E-state index contributed by atoms with van der Waals surface area (Å²) in [4.78, 5) is 36.7. The van der Waals surface area contributed by atoms with Crippen molar-refractivity contribution < 1.29 is 23.6 Å². The minimum Gasteiger partial charge on any atom is -0.487 e. The van der Waals surface area contributed by atoms with Gasteiger partial charge < -0.3 is 19.2 Å². The fourth-order valence-corrected chi connectivity index (χ4v) is 4.45. The average Bonchev–Trinajstić information content (AvgIpc) is 2.96. The van der Waals surface area contributed by atoms with Crippen LogP contribution in [0.5, 0.6) is 11.5 Å². The number of amides is 1. The van der Waals surface area contributed by atoms with E-state index in [2.05, 4.69) is 5.32 Å². The highest BCUT2D eigenvalue weighted by molar-refractivity contribution is 6.32. The van der Waals surface area contributed by atoms with Crippen LogP contribution in [0.1, 0.15) is 18.1 Å². The summed E-state index contributed by atoms with van der Waals surface area (Å²) in [7, 11) is 0. The Kier molecular flexibility index (Phi) is 7.98. The molecule has 9 nitrogen and oxygen atoms in total. The number of halogens is 1. The topological polar surface area (TPSA) is 121 Å². The van der Waals surface area contributed by atoms with Crippen molar-refractivity contribution in [2.45, 2.75) is 20.1 Å². The lowest BCUT2D eigenvalue weighted by molar-refractivity contribution is -0.383. The number of ether oxygens (including phenoxy) is 2. The van der Waals surface area contributed by atoms with Gasteiger partial charge in [0.15, 0.2) is 5.76 Å². The van der Waals surface area contributed by atoms with Crippen LogP contribution in [0.2, 0.25) is 5.02 Å². The zero-order chi connectivity index (χ0) is 28.9. The molecular formula is C31H23ClN2O7. The third-order valence-electron chi connectivity index (χ3n) is 6.10. The van der Waals surface area contributed by atoms with E-state index in [1.54, 1.807) is 18.2 Å². The van der Waals surface area contributed by atoms with Crippen LogP contribution in [0.4, 0.5) is 11.4 Å². The van der Waals surface area contributed by atoms with Crippen LogP contribution in [0, 0.1) is 10.1 Å². The molecule has 4 aromatic carbocycles. The second kappa shape index (κ2) is 11.9. The van der Waals surface area contributed by atoms with Crippen LogP contribution >= 0.6 is 11.6 Å². The van der Waals surface area contributed by atoms with Gasteiger partial charge in [-0.3, -0.25) is 19.7 Å². The molecule has 0 aliphatic carbocycles. The first kappa shape index (κ1) is 27.4. The molecule has 206 valence electrons. The van der Waals surface area contributed by atoms with Crippen molar-refractivity contribution in [2.75, 3.05) is 5.32 Å². The summed E-state index contributed by atoms with van der Waals surface area (Å²) in [6.07, 6.45) is 0. The molecule has 10 heteroatoms. The maximum absolute atomic E-state index is 13.8. The summed E-state index contributed by atoms with van der Waals surface area (Å²) in [5.74, 6) is -0.250. The number of benzene rings is 4. The van der Waals surface area contributed by atoms with Crippen LogP contribution < -0.4 is 20.2 Å². The average molecular weight is 571 g/mol. The van der Waals surface area contributed by atoms with E-state index in [0.29, 0.717) is 17.9 Å². The maximum Gasteiger partial charge on any atom is 0.314 e. The van der Waals surface area contributed by atoms with Crippen molar-refractivity contribution >= 4 is 39.9 Å². The zero-order valence-electron chi connectivity index (χ0n) is 21.8. The van der Waals surface area contributed by atoms with E-state index in [-0.39, 0.29) is 39.8 Å². The number of carbonyl (C=O) groups is 1. The Morgan fingerprint density at radius 2 is 1.56 bits per heavy atom. The maximum atomic E-state index is 13.8. The van der Waals surface area contributed by atoms with Gasteiger partial charge in [0, 0.05) is 24.2 Å². The second-order valence-electron chi connectivity index (χ2n) is 9.09. The van der Waals surface area contributed by atoms with Crippen LogP contribution in [0.3, 0.4) is 0 Å². The number of anilines is 1. The van der Waals surface area contributed by atoms with Gasteiger partial charge >= 0.3 is 5.69 Å². The highest BCUT2D eigenvalue weighted by Crippen LogP contribution is 2.39. The minimum absolute atomic E-state index is 0.0313. The Balaban J connectivity index is 1.62. The molecule has 41 heavy (non-hydrogen) atoms. The molecule has 0 bridgehead atoms. The van der Waals surface area contributed by atoms with Gasteiger partial charge in [-0.25, -0.2) is 0 Å². The number of carbonyl (C=O) groups excluding carboxylic acids is 1. The Morgan fingerprint density at radius 3 is 2.15 bits per heavy atom. The van der Waals surface area contributed by atoms with E-state index in [4.69, 9.17) is 25.5 Å². The van der Waals surface area contributed by atoms with Gasteiger partial charge in [0.2, 0.25) is 22.7 Å². The number of hydrogen-bond acceptors (Lipinski definition) is 7. The van der Waals surface area contributed by atoms with Crippen molar-refractivity contribution in [3.63, 3.8) is 0 Å². The van der Waals surface area contributed by atoms with E-state index in [1.165, 1.54) is 13.0 Å². The molecule has 0 radical (unpaired) electrons. The summed E-state index contributed by atoms with van der Waals surface area (Å²) in [5, 5.41) is 14.6. The molecule has 0 aliphatic heterocycles. The molecular weight excluding hydrogens is 548 g/mol. The van der Waals surface area contributed by atoms with Crippen molar-refractivity contribution in [3.05, 3.63) is 127 Å². The highest BCUT2D eigenvalue weighted by atomic mass is 35.5. The lowest BCUT2D eigenvalue weighted by Gasteiger charge is -2.14. The molecule has 0 unspecified atom stereocenters. The molecule has 5 aromatic rings.